The van der Waals surface area contributed by atoms with Crippen molar-refractivity contribution in [3.8, 4) is 11.5 Å². The van der Waals surface area contributed by atoms with E-state index in [1.165, 1.54) is 11.6 Å². The average molecular weight is 422 g/mol. The molecule has 0 atom stereocenters. The predicted molar refractivity (Wildman–Crippen MR) is 114 cm³/mol. The van der Waals surface area contributed by atoms with Gasteiger partial charge in [-0.25, -0.2) is 0 Å². The van der Waals surface area contributed by atoms with Crippen LogP contribution in [0.5, 0.6) is 11.5 Å². The van der Waals surface area contributed by atoms with E-state index in [0.717, 1.165) is 44.0 Å². The molecule has 0 spiro atoms. The second kappa shape index (κ2) is 9.84. The fourth-order valence-corrected chi connectivity index (χ4v) is 3.57. The molecule has 1 saturated heterocycles. The lowest BCUT2D eigenvalue weighted by atomic mass is 10.2. The number of anilines is 1. The molecule has 1 N–H and O–H groups in total. The van der Waals surface area contributed by atoms with Crippen molar-refractivity contribution in [2.24, 2.45) is 0 Å². The van der Waals surface area contributed by atoms with Crippen molar-refractivity contribution in [1.29, 1.82) is 0 Å². The van der Waals surface area contributed by atoms with Gasteiger partial charge >= 0.3 is 6.61 Å². The SMILES string of the molecule is COc1cccc(CN2CCN(C(=S)Nc3cc(C)ccc3OC(F)F)CC2)c1. The van der Waals surface area contributed by atoms with E-state index in [-0.39, 0.29) is 5.75 Å². The zero-order valence-corrected chi connectivity index (χ0v) is 17.3. The van der Waals surface area contributed by atoms with Crippen LogP contribution in [0.4, 0.5) is 14.5 Å². The fraction of sp³-hybridized carbons (Fsp3) is 0.381. The number of halogens is 2. The minimum Gasteiger partial charge on any atom is -0.497 e. The van der Waals surface area contributed by atoms with Gasteiger partial charge in [-0.2, -0.15) is 8.78 Å². The first kappa shape index (κ1) is 21.3. The lowest BCUT2D eigenvalue weighted by Gasteiger charge is -2.36. The summed E-state index contributed by atoms with van der Waals surface area (Å²) in [6, 6.07) is 13.1. The molecule has 0 bridgehead atoms. The van der Waals surface area contributed by atoms with Crippen LogP contribution in [0, 0.1) is 6.92 Å². The van der Waals surface area contributed by atoms with Crippen molar-refractivity contribution in [2.75, 3.05) is 38.6 Å². The Labute approximate surface area is 175 Å². The molecular formula is C21H25F2N3O2S. The Bertz CT molecular complexity index is 842. The predicted octanol–water partition coefficient (Wildman–Crippen LogP) is 4.12. The van der Waals surface area contributed by atoms with Crippen molar-refractivity contribution >= 4 is 23.0 Å². The van der Waals surface area contributed by atoms with Gasteiger partial charge in [0.2, 0.25) is 0 Å². The maximum Gasteiger partial charge on any atom is 0.387 e. The van der Waals surface area contributed by atoms with Crippen LogP contribution in [-0.2, 0) is 6.54 Å². The Morgan fingerprint density at radius 1 is 1.14 bits per heavy atom. The van der Waals surface area contributed by atoms with Crippen LogP contribution >= 0.6 is 12.2 Å². The van der Waals surface area contributed by atoms with Crippen molar-refractivity contribution in [1.82, 2.24) is 9.80 Å². The molecule has 2 aromatic rings. The molecule has 156 valence electrons. The number of hydrogen-bond donors (Lipinski definition) is 1. The Morgan fingerprint density at radius 2 is 1.90 bits per heavy atom. The Balaban J connectivity index is 1.56. The zero-order valence-electron chi connectivity index (χ0n) is 16.5. The third-order valence-electron chi connectivity index (χ3n) is 4.79. The van der Waals surface area contributed by atoms with E-state index in [2.05, 4.69) is 21.0 Å². The summed E-state index contributed by atoms with van der Waals surface area (Å²) in [6.07, 6.45) is 0. The molecule has 5 nitrogen and oxygen atoms in total. The summed E-state index contributed by atoms with van der Waals surface area (Å²) in [5.41, 5.74) is 2.58. The average Bonchev–Trinajstić information content (AvgIpc) is 2.70. The Kier molecular flexibility index (Phi) is 7.22. The minimum absolute atomic E-state index is 0.0876. The normalized spacial score (nSPS) is 14.7. The van der Waals surface area contributed by atoms with Gasteiger partial charge in [-0.15, -0.1) is 0 Å². The molecule has 1 heterocycles. The summed E-state index contributed by atoms with van der Waals surface area (Å²) >= 11 is 5.51. The molecular weight excluding hydrogens is 396 g/mol. The zero-order chi connectivity index (χ0) is 20.8. The van der Waals surface area contributed by atoms with Crippen LogP contribution in [0.25, 0.3) is 0 Å². The highest BCUT2D eigenvalue weighted by atomic mass is 32.1. The number of methoxy groups -OCH3 is 1. The molecule has 0 amide bonds. The molecule has 0 aromatic heterocycles. The highest BCUT2D eigenvalue weighted by Gasteiger charge is 2.20. The number of nitrogens with zero attached hydrogens (tertiary/aromatic N) is 2. The maximum atomic E-state index is 12.7. The number of alkyl halides is 2. The maximum absolute atomic E-state index is 12.7. The molecule has 1 fully saturated rings. The van der Waals surface area contributed by atoms with Crippen molar-refractivity contribution < 1.29 is 18.3 Å². The van der Waals surface area contributed by atoms with Gasteiger partial charge in [-0.3, -0.25) is 4.90 Å². The summed E-state index contributed by atoms with van der Waals surface area (Å²) in [5, 5.41) is 3.58. The van der Waals surface area contributed by atoms with E-state index >= 15 is 0 Å². The number of rotatable bonds is 6. The molecule has 0 aliphatic carbocycles. The Morgan fingerprint density at radius 3 is 2.59 bits per heavy atom. The van der Waals surface area contributed by atoms with Crippen LogP contribution in [0.1, 0.15) is 11.1 Å². The monoisotopic (exact) mass is 421 g/mol. The third-order valence-corrected chi connectivity index (χ3v) is 5.15. The molecule has 2 aromatic carbocycles. The van der Waals surface area contributed by atoms with E-state index in [1.54, 1.807) is 19.2 Å². The van der Waals surface area contributed by atoms with Crippen LogP contribution in [0.15, 0.2) is 42.5 Å². The summed E-state index contributed by atoms with van der Waals surface area (Å²) in [5.74, 6) is 0.941. The first-order valence-corrected chi connectivity index (χ1v) is 9.82. The minimum atomic E-state index is -2.88. The number of ether oxygens (including phenoxy) is 2. The summed E-state index contributed by atoms with van der Waals surface area (Å²) in [6.45, 7) is 3.07. The number of hydrogen-bond acceptors (Lipinski definition) is 4. The van der Waals surface area contributed by atoms with Gasteiger partial charge in [0.05, 0.1) is 12.8 Å². The molecule has 1 aliphatic heterocycles. The van der Waals surface area contributed by atoms with E-state index in [9.17, 15) is 8.78 Å². The second-order valence-electron chi connectivity index (χ2n) is 6.92. The van der Waals surface area contributed by atoms with Gasteiger partial charge in [-0.1, -0.05) is 18.2 Å². The van der Waals surface area contributed by atoms with Crippen LogP contribution in [-0.4, -0.2) is 54.8 Å². The summed E-state index contributed by atoms with van der Waals surface area (Å²) in [4.78, 5) is 4.40. The van der Waals surface area contributed by atoms with Gasteiger partial charge in [-0.05, 0) is 54.5 Å². The third kappa shape index (κ3) is 6.01. The van der Waals surface area contributed by atoms with Crippen molar-refractivity contribution in [3.63, 3.8) is 0 Å². The smallest absolute Gasteiger partial charge is 0.387 e. The van der Waals surface area contributed by atoms with Gasteiger partial charge in [0.25, 0.3) is 0 Å². The topological polar surface area (TPSA) is 37.0 Å². The lowest BCUT2D eigenvalue weighted by molar-refractivity contribution is -0.0493. The van der Waals surface area contributed by atoms with E-state index in [0.29, 0.717) is 10.8 Å². The van der Waals surface area contributed by atoms with E-state index < -0.39 is 6.61 Å². The number of benzene rings is 2. The second-order valence-corrected chi connectivity index (χ2v) is 7.31. The molecule has 3 rings (SSSR count). The van der Waals surface area contributed by atoms with Gasteiger partial charge in [0.1, 0.15) is 11.5 Å². The highest BCUT2D eigenvalue weighted by molar-refractivity contribution is 7.80. The fourth-order valence-electron chi connectivity index (χ4n) is 3.27. The van der Waals surface area contributed by atoms with Crippen LogP contribution < -0.4 is 14.8 Å². The first-order valence-electron chi connectivity index (χ1n) is 9.41. The summed E-state index contributed by atoms with van der Waals surface area (Å²) in [7, 11) is 1.66. The van der Waals surface area contributed by atoms with E-state index in [4.69, 9.17) is 17.0 Å². The van der Waals surface area contributed by atoms with E-state index in [1.807, 2.05) is 30.0 Å². The largest absolute Gasteiger partial charge is 0.497 e. The van der Waals surface area contributed by atoms with Gasteiger partial charge in [0, 0.05) is 32.7 Å². The number of aryl methyl sites for hydroxylation is 1. The molecule has 0 radical (unpaired) electrons. The number of piperazine rings is 1. The van der Waals surface area contributed by atoms with Crippen molar-refractivity contribution in [3.05, 3.63) is 53.6 Å². The standard InChI is InChI=1S/C21H25F2N3O2S/c1-15-6-7-19(28-20(22)23)18(12-15)24-21(29)26-10-8-25(9-11-26)14-16-4-3-5-17(13-16)27-2/h3-7,12-13,20H,8-11,14H2,1-2H3,(H,24,29). The first-order chi connectivity index (χ1) is 13.9. The van der Waals surface area contributed by atoms with Gasteiger partial charge in [0.15, 0.2) is 5.11 Å². The highest BCUT2D eigenvalue weighted by Crippen LogP contribution is 2.27. The van der Waals surface area contributed by atoms with Crippen LogP contribution in [0.3, 0.4) is 0 Å². The number of nitrogens with one attached hydrogen (secondary N) is 1. The summed E-state index contributed by atoms with van der Waals surface area (Å²) < 4.78 is 35.2. The molecule has 29 heavy (non-hydrogen) atoms. The van der Waals surface area contributed by atoms with Crippen LogP contribution in [0.2, 0.25) is 0 Å². The lowest BCUT2D eigenvalue weighted by Crippen LogP contribution is -2.49. The molecule has 0 unspecified atom stereocenters. The van der Waals surface area contributed by atoms with Crippen molar-refractivity contribution in [2.45, 2.75) is 20.1 Å². The molecule has 0 saturated carbocycles. The van der Waals surface area contributed by atoms with Gasteiger partial charge < -0.3 is 19.7 Å². The Hall–Kier alpha value is -2.45. The quantitative estimate of drug-likeness (QED) is 0.708. The number of thiocarbonyl (C=S) groups is 1. The molecule has 1 aliphatic rings. The molecule has 8 heteroatoms.